The lowest BCUT2D eigenvalue weighted by Crippen LogP contribution is -2.48. The molecule has 6 heteroatoms. The summed E-state index contributed by atoms with van der Waals surface area (Å²) in [7, 11) is 0. The molecule has 0 aliphatic carbocycles. The minimum atomic E-state index is -0.430. The summed E-state index contributed by atoms with van der Waals surface area (Å²) in [6, 6.07) is 4.99. The molecule has 0 unspecified atom stereocenters. The van der Waals surface area contributed by atoms with Crippen LogP contribution in [0.5, 0.6) is 0 Å². The molecule has 0 spiro atoms. The van der Waals surface area contributed by atoms with E-state index in [0.717, 1.165) is 0 Å². The fourth-order valence-corrected chi connectivity index (χ4v) is 2.40. The number of rotatable bonds is 2. The van der Waals surface area contributed by atoms with Crippen molar-refractivity contribution in [2.75, 3.05) is 24.6 Å². The highest BCUT2D eigenvalue weighted by Gasteiger charge is 2.31. The molecule has 0 aromatic heterocycles. The van der Waals surface area contributed by atoms with Gasteiger partial charge in [0, 0.05) is 13.1 Å². The third-order valence-corrected chi connectivity index (χ3v) is 3.22. The van der Waals surface area contributed by atoms with Crippen LogP contribution in [-0.2, 0) is 4.74 Å². The van der Waals surface area contributed by atoms with Crippen LogP contribution in [0.1, 0.15) is 13.8 Å². The molecule has 1 aliphatic rings. The minimum absolute atomic E-state index is 0.0307. The van der Waals surface area contributed by atoms with Crippen LogP contribution < -0.4 is 4.90 Å². The van der Waals surface area contributed by atoms with Gasteiger partial charge in [0.15, 0.2) is 0 Å². The minimum Gasteiger partial charge on any atom is -0.372 e. The number of nitrogens with zero attached hydrogens (tertiary/aromatic N) is 2. The second kappa shape index (κ2) is 4.74. The lowest BCUT2D eigenvalue weighted by Gasteiger charge is -2.39. The molecule has 0 N–H and O–H groups in total. The van der Waals surface area contributed by atoms with Gasteiger partial charge in [-0.3, -0.25) is 10.1 Å². The summed E-state index contributed by atoms with van der Waals surface area (Å²) in [5, 5.41) is 11.3. The normalized spacial score (nSPS) is 18.7. The van der Waals surface area contributed by atoms with Gasteiger partial charge in [0.1, 0.15) is 10.7 Å². The molecule has 0 bridgehead atoms. The number of nitro benzene ring substituents is 1. The van der Waals surface area contributed by atoms with Gasteiger partial charge in [-0.05, 0) is 26.0 Å². The Kier molecular flexibility index (Phi) is 3.45. The molecule has 1 aromatic rings. The second-order valence-corrected chi connectivity index (χ2v) is 5.30. The van der Waals surface area contributed by atoms with Gasteiger partial charge in [-0.1, -0.05) is 17.7 Å². The van der Waals surface area contributed by atoms with E-state index in [1.54, 1.807) is 12.1 Å². The zero-order valence-electron chi connectivity index (χ0n) is 10.4. The number of halogens is 1. The maximum absolute atomic E-state index is 11.1. The number of benzene rings is 1. The zero-order valence-corrected chi connectivity index (χ0v) is 11.1. The Hall–Kier alpha value is -1.33. The second-order valence-electron chi connectivity index (χ2n) is 4.89. The first-order chi connectivity index (χ1) is 8.41. The fraction of sp³-hybridized carbons (Fsp3) is 0.500. The van der Waals surface area contributed by atoms with Gasteiger partial charge in [0.25, 0.3) is 0 Å². The van der Waals surface area contributed by atoms with Crippen LogP contribution in [0.3, 0.4) is 0 Å². The Labute approximate surface area is 110 Å². The summed E-state index contributed by atoms with van der Waals surface area (Å²) in [5.74, 6) is 0. The predicted octanol–water partition coefficient (Wildman–Crippen LogP) is 2.86. The number of hydrogen-bond acceptors (Lipinski definition) is 4. The van der Waals surface area contributed by atoms with Crippen molar-refractivity contribution in [3.8, 4) is 0 Å². The van der Waals surface area contributed by atoms with Crippen molar-refractivity contribution in [2.45, 2.75) is 19.4 Å². The molecule has 18 heavy (non-hydrogen) atoms. The Bertz CT molecular complexity index is 476. The summed E-state index contributed by atoms with van der Waals surface area (Å²) < 4.78 is 5.60. The molecule has 0 atom stereocenters. The van der Waals surface area contributed by atoms with E-state index in [-0.39, 0.29) is 16.3 Å². The van der Waals surface area contributed by atoms with Crippen molar-refractivity contribution in [2.24, 2.45) is 0 Å². The summed E-state index contributed by atoms with van der Waals surface area (Å²) in [6.45, 7) is 5.72. The van der Waals surface area contributed by atoms with Gasteiger partial charge in [-0.15, -0.1) is 0 Å². The molecule has 2 rings (SSSR count). The highest BCUT2D eigenvalue weighted by atomic mass is 35.5. The van der Waals surface area contributed by atoms with E-state index in [4.69, 9.17) is 16.3 Å². The Balaban J connectivity index is 2.39. The Morgan fingerprint density at radius 3 is 2.83 bits per heavy atom. The van der Waals surface area contributed by atoms with Crippen LogP contribution >= 0.6 is 11.6 Å². The van der Waals surface area contributed by atoms with E-state index in [1.165, 1.54) is 6.07 Å². The molecular formula is C12H15ClN2O3. The quantitative estimate of drug-likeness (QED) is 0.612. The number of morpholine rings is 1. The summed E-state index contributed by atoms with van der Waals surface area (Å²) >= 11 is 5.92. The van der Waals surface area contributed by atoms with Crippen molar-refractivity contribution in [1.82, 2.24) is 0 Å². The standard InChI is InChI=1S/C12H15ClN2O3/c1-12(2)8-14(6-7-18-12)10-5-3-4-9(13)11(10)15(16)17/h3-5H,6-8H2,1-2H3. The van der Waals surface area contributed by atoms with Gasteiger partial charge in [-0.2, -0.15) is 0 Å². The lowest BCUT2D eigenvalue weighted by molar-refractivity contribution is -0.384. The maximum Gasteiger partial charge on any atom is 0.310 e. The SMILES string of the molecule is CC1(C)CN(c2cccc(Cl)c2[N+](=O)[O-])CCO1. The molecule has 0 radical (unpaired) electrons. The number of hydrogen-bond donors (Lipinski definition) is 0. The van der Waals surface area contributed by atoms with E-state index in [1.807, 2.05) is 18.7 Å². The van der Waals surface area contributed by atoms with E-state index in [9.17, 15) is 10.1 Å². The van der Waals surface area contributed by atoms with Gasteiger partial charge in [0.05, 0.1) is 17.1 Å². The van der Waals surface area contributed by atoms with E-state index < -0.39 is 4.92 Å². The first kappa shape index (κ1) is 13.1. The number of anilines is 1. The smallest absolute Gasteiger partial charge is 0.310 e. The van der Waals surface area contributed by atoms with E-state index in [0.29, 0.717) is 25.4 Å². The van der Waals surface area contributed by atoms with Crippen molar-refractivity contribution in [1.29, 1.82) is 0 Å². The first-order valence-corrected chi connectivity index (χ1v) is 6.10. The van der Waals surface area contributed by atoms with Crippen LogP contribution in [0.4, 0.5) is 11.4 Å². The third kappa shape index (κ3) is 2.57. The number of nitro groups is 1. The van der Waals surface area contributed by atoms with Crippen molar-refractivity contribution in [3.63, 3.8) is 0 Å². The van der Waals surface area contributed by atoms with Crippen LogP contribution in [0.15, 0.2) is 18.2 Å². The summed E-state index contributed by atoms with van der Waals surface area (Å²) in [6.07, 6.45) is 0. The Morgan fingerprint density at radius 2 is 2.22 bits per heavy atom. The molecule has 1 aromatic carbocycles. The molecule has 1 aliphatic heterocycles. The van der Waals surface area contributed by atoms with Gasteiger partial charge >= 0.3 is 5.69 Å². The molecule has 98 valence electrons. The van der Waals surface area contributed by atoms with Crippen LogP contribution in [0, 0.1) is 10.1 Å². The monoisotopic (exact) mass is 270 g/mol. The van der Waals surface area contributed by atoms with E-state index in [2.05, 4.69) is 0 Å². The van der Waals surface area contributed by atoms with Crippen molar-refractivity contribution < 1.29 is 9.66 Å². The average Bonchev–Trinajstić information content (AvgIpc) is 2.26. The zero-order chi connectivity index (χ0) is 13.3. The van der Waals surface area contributed by atoms with Crippen LogP contribution in [0.25, 0.3) is 0 Å². The lowest BCUT2D eigenvalue weighted by atomic mass is 10.1. The number of para-hydroxylation sites is 1. The van der Waals surface area contributed by atoms with Crippen molar-refractivity contribution in [3.05, 3.63) is 33.3 Å². The third-order valence-electron chi connectivity index (χ3n) is 2.91. The maximum atomic E-state index is 11.1. The van der Waals surface area contributed by atoms with Crippen LogP contribution in [-0.4, -0.2) is 30.2 Å². The fourth-order valence-electron chi connectivity index (χ4n) is 2.16. The highest BCUT2D eigenvalue weighted by molar-refractivity contribution is 6.33. The molecule has 1 heterocycles. The average molecular weight is 271 g/mol. The summed E-state index contributed by atoms with van der Waals surface area (Å²) in [4.78, 5) is 12.6. The van der Waals surface area contributed by atoms with Gasteiger partial charge in [0.2, 0.25) is 0 Å². The Morgan fingerprint density at radius 1 is 1.50 bits per heavy atom. The van der Waals surface area contributed by atoms with Crippen LogP contribution in [0.2, 0.25) is 5.02 Å². The number of ether oxygens (including phenoxy) is 1. The molecule has 5 nitrogen and oxygen atoms in total. The molecule has 0 amide bonds. The molecular weight excluding hydrogens is 256 g/mol. The highest BCUT2D eigenvalue weighted by Crippen LogP contribution is 2.36. The predicted molar refractivity (Wildman–Crippen MR) is 70.4 cm³/mol. The summed E-state index contributed by atoms with van der Waals surface area (Å²) in [5.41, 5.74) is 0.217. The molecule has 1 fully saturated rings. The molecule has 0 saturated carbocycles. The van der Waals surface area contributed by atoms with E-state index >= 15 is 0 Å². The first-order valence-electron chi connectivity index (χ1n) is 5.72. The van der Waals surface area contributed by atoms with Gasteiger partial charge < -0.3 is 9.64 Å². The largest absolute Gasteiger partial charge is 0.372 e. The topological polar surface area (TPSA) is 55.6 Å². The van der Waals surface area contributed by atoms with Crippen molar-refractivity contribution >= 4 is 23.0 Å². The molecule has 1 saturated heterocycles. The van der Waals surface area contributed by atoms with Gasteiger partial charge in [-0.25, -0.2) is 0 Å².